The fraction of sp³-hybridized carbons (Fsp3) is 0.500. The van der Waals surface area contributed by atoms with Crippen LogP contribution < -0.4 is 11.1 Å². The van der Waals surface area contributed by atoms with Crippen LogP contribution in [0.5, 0.6) is 0 Å². The zero-order chi connectivity index (χ0) is 16.8. The number of amides is 1. The number of carbonyl (C=O) groups is 1. The van der Waals surface area contributed by atoms with Gasteiger partial charge >= 0.3 is 11.1 Å². The summed E-state index contributed by atoms with van der Waals surface area (Å²) in [4.78, 5) is 39.5. The molecule has 1 saturated heterocycles. The van der Waals surface area contributed by atoms with Crippen molar-refractivity contribution in [3.8, 4) is 0 Å². The van der Waals surface area contributed by atoms with Crippen LogP contribution in [-0.2, 0) is 13.1 Å². The van der Waals surface area contributed by atoms with E-state index in [0.29, 0.717) is 32.0 Å². The molecule has 0 radical (unpaired) electrons. The third kappa shape index (κ3) is 2.24. The normalized spacial score (nSPS) is 22.3. The molecular formula is C16H18N4O3S. The maximum Gasteiger partial charge on any atom is 0.332 e. The maximum atomic E-state index is 12.6. The summed E-state index contributed by atoms with van der Waals surface area (Å²) in [5.74, 6) is 0.974. The van der Waals surface area contributed by atoms with E-state index in [1.165, 1.54) is 20.6 Å². The van der Waals surface area contributed by atoms with Crippen LogP contribution in [0.4, 0.5) is 0 Å². The Morgan fingerprint density at radius 3 is 2.88 bits per heavy atom. The second kappa shape index (κ2) is 5.70. The van der Waals surface area contributed by atoms with E-state index in [1.807, 2.05) is 22.4 Å². The Hall–Kier alpha value is -2.22. The number of piperidine rings is 1. The number of hydrogen-bond donors (Lipinski definition) is 0. The van der Waals surface area contributed by atoms with Gasteiger partial charge in [0.15, 0.2) is 0 Å². The van der Waals surface area contributed by atoms with Crippen LogP contribution >= 0.6 is 11.3 Å². The van der Waals surface area contributed by atoms with Gasteiger partial charge in [0.1, 0.15) is 5.82 Å². The number of fused-ring (bicyclic) bond motifs is 3. The molecule has 7 nitrogen and oxygen atoms in total. The molecule has 2 aromatic rings. The van der Waals surface area contributed by atoms with Gasteiger partial charge < -0.3 is 4.90 Å². The minimum absolute atomic E-state index is 0.0220. The molecule has 2 aliphatic rings. The van der Waals surface area contributed by atoms with E-state index in [9.17, 15) is 14.4 Å². The standard InChI is InChI=1S/C16H18N4O3S/c1-2-20-16(23)15(22)19-8-10-5-6-18(9-11(10)13(19)17-20)14(21)12-4-3-7-24-12/h3-4,7,10-11H,2,5-6,8-9H2,1H3/t10-,11+/m1/s1. The number of nitrogens with zero attached hydrogens (tertiary/aromatic N) is 4. The molecule has 0 bridgehead atoms. The Morgan fingerprint density at radius 2 is 2.17 bits per heavy atom. The third-order valence-corrected chi connectivity index (χ3v) is 5.84. The van der Waals surface area contributed by atoms with Crippen molar-refractivity contribution in [1.29, 1.82) is 0 Å². The quantitative estimate of drug-likeness (QED) is 0.752. The molecule has 1 fully saturated rings. The number of rotatable bonds is 2. The van der Waals surface area contributed by atoms with E-state index in [2.05, 4.69) is 5.10 Å². The van der Waals surface area contributed by atoms with Crippen molar-refractivity contribution in [3.63, 3.8) is 0 Å². The Bertz CT molecular complexity index is 899. The summed E-state index contributed by atoms with van der Waals surface area (Å²) in [6.45, 7) is 3.93. The molecule has 0 unspecified atom stereocenters. The van der Waals surface area contributed by atoms with Crippen molar-refractivity contribution in [3.05, 3.63) is 48.9 Å². The molecule has 1 amide bonds. The van der Waals surface area contributed by atoms with E-state index in [0.717, 1.165) is 11.3 Å². The number of aryl methyl sites for hydroxylation is 1. The van der Waals surface area contributed by atoms with Crippen molar-refractivity contribution >= 4 is 17.2 Å². The lowest BCUT2D eigenvalue weighted by atomic mass is 9.87. The Kier molecular flexibility index (Phi) is 3.64. The van der Waals surface area contributed by atoms with Crippen molar-refractivity contribution in [2.75, 3.05) is 13.1 Å². The average Bonchev–Trinajstić information content (AvgIpc) is 3.24. The summed E-state index contributed by atoms with van der Waals surface area (Å²) in [5.41, 5.74) is -1.06. The maximum absolute atomic E-state index is 12.6. The van der Waals surface area contributed by atoms with E-state index in [1.54, 1.807) is 6.92 Å². The van der Waals surface area contributed by atoms with Crippen molar-refractivity contribution in [1.82, 2.24) is 19.2 Å². The van der Waals surface area contributed by atoms with Gasteiger partial charge in [0, 0.05) is 32.1 Å². The first-order valence-corrected chi connectivity index (χ1v) is 9.02. The predicted octanol–water partition coefficient (Wildman–Crippen LogP) is 0.746. The molecule has 2 aliphatic heterocycles. The van der Waals surface area contributed by atoms with Gasteiger partial charge in [0.05, 0.1) is 4.88 Å². The first kappa shape index (κ1) is 15.3. The summed E-state index contributed by atoms with van der Waals surface area (Å²) >= 11 is 1.44. The van der Waals surface area contributed by atoms with E-state index < -0.39 is 11.1 Å². The molecular weight excluding hydrogens is 328 g/mol. The number of hydrogen-bond acceptors (Lipinski definition) is 5. The van der Waals surface area contributed by atoms with Crippen LogP contribution in [0.3, 0.4) is 0 Å². The SMILES string of the molecule is CCn1nc2n(c(=O)c1=O)C[C@H]1CCN(C(=O)c3cccs3)C[C@H]21. The lowest BCUT2D eigenvalue weighted by Crippen LogP contribution is -2.44. The second-order valence-corrected chi connectivity index (χ2v) is 7.23. The molecule has 2 atom stereocenters. The summed E-state index contributed by atoms with van der Waals surface area (Å²) in [5, 5.41) is 6.30. The fourth-order valence-corrected chi connectivity index (χ4v) is 4.40. The van der Waals surface area contributed by atoms with E-state index >= 15 is 0 Å². The van der Waals surface area contributed by atoms with Crippen LogP contribution in [0, 0.1) is 5.92 Å². The predicted molar refractivity (Wildman–Crippen MR) is 89.5 cm³/mol. The van der Waals surface area contributed by atoms with Crippen molar-refractivity contribution in [2.45, 2.75) is 32.4 Å². The molecule has 0 aliphatic carbocycles. The van der Waals surface area contributed by atoms with Gasteiger partial charge in [0.2, 0.25) is 0 Å². The van der Waals surface area contributed by atoms with Crippen LogP contribution in [-0.4, -0.2) is 38.2 Å². The molecule has 2 aromatic heterocycles. The highest BCUT2D eigenvalue weighted by Crippen LogP contribution is 2.37. The molecule has 4 rings (SSSR count). The van der Waals surface area contributed by atoms with Gasteiger partial charge in [-0.05, 0) is 30.7 Å². The second-order valence-electron chi connectivity index (χ2n) is 6.28. The highest BCUT2D eigenvalue weighted by Gasteiger charge is 2.41. The molecule has 24 heavy (non-hydrogen) atoms. The number of thiophene rings is 1. The van der Waals surface area contributed by atoms with Gasteiger partial charge in [0.25, 0.3) is 5.91 Å². The van der Waals surface area contributed by atoms with Gasteiger partial charge in [-0.15, -0.1) is 11.3 Å². The number of likely N-dealkylation sites (tertiary alicyclic amines) is 1. The summed E-state index contributed by atoms with van der Waals surface area (Å²) < 4.78 is 2.75. The Balaban J connectivity index is 1.68. The lowest BCUT2D eigenvalue weighted by Gasteiger charge is -2.33. The lowest BCUT2D eigenvalue weighted by molar-refractivity contribution is 0.0672. The highest BCUT2D eigenvalue weighted by molar-refractivity contribution is 7.12. The first-order valence-electron chi connectivity index (χ1n) is 8.14. The highest BCUT2D eigenvalue weighted by atomic mass is 32.1. The van der Waals surface area contributed by atoms with Crippen LogP contribution in [0.2, 0.25) is 0 Å². The smallest absolute Gasteiger partial charge is 0.332 e. The van der Waals surface area contributed by atoms with E-state index in [4.69, 9.17) is 0 Å². The molecule has 0 saturated carbocycles. The molecule has 126 valence electrons. The molecule has 0 spiro atoms. The topological polar surface area (TPSA) is 77.2 Å². The molecule has 0 aromatic carbocycles. The van der Waals surface area contributed by atoms with Crippen molar-refractivity contribution < 1.29 is 4.79 Å². The summed E-state index contributed by atoms with van der Waals surface area (Å²) in [7, 11) is 0. The Morgan fingerprint density at radius 1 is 1.33 bits per heavy atom. The minimum Gasteiger partial charge on any atom is -0.337 e. The average molecular weight is 346 g/mol. The molecule has 4 heterocycles. The summed E-state index contributed by atoms with van der Waals surface area (Å²) in [6, 6.07) is 3.70. The van der Waals surface area contributed by atoms with E-state index in [-0.39, 0.29) is 17.7 Å². The molecule has 0 N–H and O–H groups in total. The zero-order valence-corrected chi connectivity index (χ0v) is 14.2. The van der Waals surface area contributed by atoms with Gasteiger partial charge in [-0.3, -0.25) is 19.0 Å². The minimum atomic E-state index is -0.564. The summed E-state index contributed by atoms with van der Waals surface area (Å²) in [6.07, 6.45) is 0.824. The largest absolute Gasteiger partial charge is 0.337 e. The van der Waals surface area contributed by atoms with Crippen LogP contribution in [0.1, 0.15) is 34.8 Å². The van der Waals surface area contributed by atoms with Crippen LogP contribution in [0.25, 0.3) is 0 Å². The third-order valence-electron chi connectivity index (χ3n) is 4.99. The van der Waals surface area contributed by atoms with Crippen molar-refractivity contribution in [2.24, 2.45) is 5.92 Å². The Labute approximate surface area is 142 Å². The fourth-order valence-electron chi connectivity index (χ4n) is 3.70. The number of carbonyl (C=O) groups excluding carboxylic acids is 1. The number of aromatic nitrogens is 3. The van der Waals surface area contributed by atoms with Gasteiger partial charge in [-0.1, -0.05) is 6.07 Å². The van der Waals surface area contributed by atoms with Gasteiger partial charge in [-0.25, -0.2) is 4.68 Å². The monoisotopic (exact) mass is 346 g/mol. The molecule has 8 heteroatoms. The zero-order valence-electron chi connectivity index (χ0n) is 13.3. The van der Waals surface area contributed by atoms with Gasteiger partial charge in [-0.2, -0.15) is 5.10 Å². The first-order chi connectivity index (χ1) is 11.6. The van der Waals surface area contributed by atoms with Crippen LogP contribution in [0.15, 0.2) is 27.1 Å².